The summed E-state index contributed by atoms with van der Waals surface area (Å²) in [7, 11) is 0. The van der Waals surface area contributed by atoms with Crippen molar-refractivity contribution >= 4 is 5.97 Å². The Kier molecular flexibility index (Phi) is 5.66. The van der Waals surface area contributed by atoms with Crippen LogP contribution < -0.4 is 0 Å². The van der Waals surface area contributed by atoms with Crippen LogP contribution in [-0.4, -0.2) is 30.1 Å². The monoisotopic (exact) mass is 294 g/mol. The van der Waals surface area contributed by atoms with Gasteiger partial charge < -0.3 is 14.2 Å². The van der Waals surface area contributed by atoms with E-state index < -0.39 is 18.0 Å². The first kappa shape index (κ1) is 16.3. The number of ether oxygens (including phenoxy) is 3. The van der Waals surface area contributed by atoms with Gasteiger partial charge in [0.15, 0.2) is 18.0 Å². The van der Waals surface area contributed by atoms with Crippen LogP contribution in [0.4, 0.5) is 0 Å². The smallest absolute Gasteiger partial charge is 0.339 e. The third-order valence-corrected chi connectivity index (χ3v) is 3.80. The lowest BCUT2D eigenvalue weighted by molar-refractivity contribution is -0.183. The van der Waals surface area contributed by atoms with Gasteiger partial charge in [0.05, 0.1) is 0 Å². The summed E-state index contributed by atoms with van der Waals surface area (Å²) in [6.07, 6.45) is 6.88. The first-order valence-corrected chi connectivity index (χ1v) is 8.08. The molecule has 2 heterocycles. The Morgan fingerprint density at radius 2 is 1.81 bits per heavy atom. The van der Waals surface area contributed by atoms with Gasteiger partial charge in [0.2, 0.25) is 0 Å². The highest BCUT2D eigenvalue weighted by Gasteiger charge is 2.55. The number of unbranched alkanes of at least 4 members (excludes halogenated alkanes) is 6. The summed E-state index contributed by atoms with van der Waals surface area (Å²) in [6, 6.07) is 0. The van der Waals surface area contributed by atoms with Gasteiger partial charge >= 0.3 is 5.97 Å². The van der Waals surface area contributed by atoms with Gasteiger partial charge in [-0.2, -0.15) is 0 Å². The van der Waals surface area contributed by atoms with E-state index in [4.69, 9.17) is 14.2 Å². The molecule has 3 atom stereocenters. The molecule has 118 valence electrons. The average Bonchev–Trinajstić information content (AvgIpc) is 2.88. The van der Waals surface area contributed by atoms with Gasteiger partial charge in [-0.25, -0.2) is 4.79 Å². The summed E-state index contributed by atoms with van der Waals surface area (Å²) in [5, 5.41) is 0. The van der Waals surface area contributed by atoms with Crippen LogP contribution in [0.2, 0.25) is 0 Å². The van der Waals surface area contributed by atoms with Crippen molar-refractivity contribution in [3.8, 4) is 11.8 Å². The molecule has 2 saturated heterocycles. The predicted octanol–water partition coefficient (Wildman–Crippen LogP) is 3.19. The molecule has 0 aliphatic carbocycles. The Hall–Kier alpha value is -1.05. The molecule has 0 saturated carbocycles. The van der Waals surface area contributed by atoms with Crippen molar-refractivity contribution in [2.24, 2.45) is 0 Å². The summed E-state index contributed by atoms with van der Waals surface area (Å²) in [5.74, 6) is 5.06. The van der Waals surface area contributed by atoms with E-state index in [1.807, 2.05) is 0 Å². The first-order chi connectivity index (χ1) is 10.0. The van der Waals surface area contributed by atoms with E-state index in [1.54, 1.807) is 13.8 Å². The lowest BCUT2D eigenvalue weighted by atomic mass is 10.1. The fourth-order valence-corrected chi connectivity index (χ4v) is 2.73. The molecule has 0 spiro atoms. The average molecular weight is 294 g/mol. The van der Waals surface area contributed by atoms with Crippen LogP contribution in [0.1, 0.15) is 65.7 Å². The Morgan fingerprint density at radius 3 is 2.57 bits per heavy atom. The van der Waals surface area contributed by atoms with E-state index in [9.17, 15) is 4.79 Å². The molecule has 0 aromatic heterocycles. The molecule has 4 nitrogen and oxygen atoms in total. The van der Waals surface area contributed by atoms with E-state index >= 15 is 0 Å². The van der Waals surface area contributed by atoms with Gasteiger partial charge in [0, 0.05) is 6.42 Å². The van der Waals surface area contributed by atoms with Crippen LogP contribution in [0.3, 0.4) is 0 Å². The quantitative estimate of drug-likeness (QED) is 0.429. The minimum absolute atomic E-state index is 0.357. The van der Waals surface area contributed by atoms with Crippen LogP contribution in [0.5, 0.6) is 0 Å². The predicted molar refractivity (Wildman–Crippen MR) is 79.5 cm³/mol. The molecule has 21 heavy (non-hydrogen) atoms. The largest absolute Gasteiger partial charge is 0.444 e. The minimum Gasteiger partial charge on any atom is -0.444 e. The maximum Gasteiger partial charge on any atom is 0.339 e. The zero-order valence-electron chi connectivity index (χ0n) is 13.3. The zero-order valence-corrected chi connectivity index (χ0v) is 13.3. The summed E-state index contributed by atoms with van der Waals surface area (Å²) >= 11 is 0. The minimum atomic E-state index is -0.728. The fraction of sp³-hybridized carbons (Fsp3) is 0.824. The number of esters is 1. The second kappa shape index (κ2) is 7.29. The van der Waals surface area contributed by atoms with Crippen LogP contribution in [0, 0.1) is 11.8 Å². The van der Waals surface area contributed by atoms with Crippen molar-refractivity contribution in [3.05, 3.63) is 0 Å². The van der Waals surface area contributed by atoms with Gasteiger partial charge in [0.1, 0.15) is 6.10 Å². The maximum atomic E-state index is 11.7. The van der Waals surface area contributed by atoms with Crippen molar-refractivity contribution < 1.29 is 19.0 Å². The molecule has 0 unspecified atom stereocenters. The van der Waals surface area contributed by atoms with E-state index in [1.165, 1.54) is 32.1 Å². The molecule has 2 aliphatic rings. The van der Waals surface area contributed by atoms with E-state index in [-0.39, 0.29) is 12.1 Å². The van der Waals surface area contributed by atoms with Gasteiger partial charge in [-0.1, -0.05) is 50.9 Å². The number of cyclic esters (lactones) is 1. The second-order valence-electron chi connectivity index (χ2n) is 6.22. The van der Waals surface area contributed by atoms with Crippen molar-refractivity contribution in [2.45, 2.75) is 89.8 Å². The number of carbonyl (C=O) groups is 1. The van der Waals surface area contributed by atoms with Crippen LogP contribution in [0.15, 0.2) is 0 Å². The molecule has 0 bridgehead atoms. The van der Waals surface area contributed by atoms with Crippen molar-refractivity contribution in [1.29, 1.82) is 0 Å². The number of fused-ring (bicyclic) bond motifs is 1. The van der Waals surface area contributed by atoms with Crippen molar-refractivity contribution in [3.63, 3.8) is 0 Å². The standard InChI is InChI=1S/C17H26O4/c1-4-5-6-7-8-9-10-11-12-13-14-15(16(18)19-13)21-17(2,3)20-14/h13-15H,4-10H2,1-3H3/t13-,14+,15+/m1/s1. The first-order valence-electron chi connectivity index (χ1n) is 8.08. The van der Waals surface area contributed by atoms with Crippen LogP contribution in [-0.2, 0) is 19.0 Å². The highest BCUT2D eigenvalue weighted by molar-refractivity contribution is 5.79. The summed E-state index contributed by atoms with van der Waals surface area (Å²) < 4.78 is 16.5. The molecule has 2 aliphatic heterocycles. The zero-order chi connectivity index (χ0) is 15.3. The van der Waals surface area contributed by atoms with Crippen molar-refractivity contribution in [2.75, 3.05) is 0 Å². The van der Waals surface area contributed by atoms with Crippen LogP contribution >= 0.6 is 0 Å². The van der Waals surface area contributed by atoms with Gasteiger partial charge in [-0.05, 0) is 20.3 Å². The van der Waals surface area contributed by atoms with E-state index in [2.05, 4.69) is 18.8 Å². The SMILES string of the molecule is CCCCCCCCC#C[C@H]1OC(=O)[C@H]2OC(C)(C)O[C@H]21. The van der Waals surface area contributed by atoms with E-state index in [0.717, 1.165) is 12.8 Å². The molecule has 0 aromatic rings. The normalized spacial score (nSPS) is 29.7. The van der Waals surface area contributed by atoms with Gasteiger partial charge in [-0.15, -0.1) is 0 Å². The number of carbonyl (C=O) groups excluding carboxylic acids is 1. The molecule has 4 heteroatoms. The Balaban J connectivity index is 1.72. The van der Waals surface area contributed by atoms with Gasteiger partial charge in [0.25, 0.3) is 0 Å². The summed E-state index contributed by atoms with van der Waals surface area (Å²) in [5.41, 5.74) is 0. The topological polar surface area (TPSA) is 44.8 Å². The lowest BCUT2D eigenvalue weighted by Crippen LogP contribution is -2.28. The molecular formula is C17H26O4. The molecule has 0 aromatic carbocycles. The highest BCUT2D eigenvalue weighted by Crippen LogP contribution is 2.35. The van der Waals surface area contributed by atoms with Gasteiger partial charge in [-0.3, -0.25) is 0 Å². The lowest BCUT2D eigenvalue weighted by Gasteiger charge is -2.19. The Labute approximate surface area is 127 Å². The van der Waals surface area contributed by atoms with Crippen molar-refractivity contribution in [1.82, 2.24) is 0 Å². The third kappa shape index (κ3) is 4.46. The van der Waals surface area contributed by atoms with E-state index in [0.29, 0.717) is 0 Å². The molecule has 0 amide bonds. The number of hydrogen-bond acceptors (Lipinski definition) is 4. The molecule has 0 radical (unpaired) electrons. The maximum absolute atomic E-state index is 11.7. The summed E-state index contributed by atoms with van der Waals surface area (Å²) in [6.45, 7) is 5.83. The third-order valence-electron chi connectivity index (χ3n) is 3.80. The molecule has 2 rings (SSSR count). The molecular weight excluding hydrogens is 268 g/mol. The van der Waals surface area contributed by atoms with Crippen LogP contribution in [0.25, 0.3) is 0 Å². The Bertz CT molecular complexity index is 418. The molecule has 0 N–H and O–H groups in total. The number of rotatable bonds is 6. The fourth-order valence-electron chi connectivity index (χ4n) is 2.73. The summed E-state index contributed by atoms with van der Waals surface area (Å²) in [4.78, 5) is 11.7. The number of hydrogen-bond donors (Lipinski definition) is 0. The molecule has 2 fully saturated rings. The Morgan fingerprint density at radius 1 is 1.10 bits per heavy atom. The highest BCUT2D eigenvalue weighted by atomic mass is 16.8. The second-order valence-corrected chi connectivity index (χ2v) is 6.22.